The Morgan fingerprint density at radius 3 is 2.52 bits per heavy atom. The number of carbonyl (C=O) groups is 2. The molecular weight excluding hydrogens is 266 g/mol. The third-order valence-corrected chi connectivity index (χ3v) is 4.22. The molecule has 1 atom stereocenters. The van der Waals surface area contributed by atoms with E-state index in [0.29, 0.717) is 6.54 Å². The molecule has 1 aliphatic rings. The number of nitrogens with two attached hydrogens (primary N) is 1. The maximum Gasteiger partial charge on any atom is 0.237 e. The van der Waals surface area contributed by atoms with Crippen LogP contribution in [0.2, 0.25) is 0 Å². The third kappa shape index (κ3) is 3.61. The molecule has 0 aromatic heterocycles. The number of hydrogen-bond acceptors (Lipinski definition) is 3. The van der Waals surface area contributed by atoms with Crippen LogP contribution >= 0.6 is 0 Å². The van der Waals surface area contributed by atoms with Crippen molar-refractivity contribution >= 4 is 17.5 Å². The number of anilines is 1. The van der Waals surface area contributed by atoms with Gasteiger partial charge in [-0.25, -0.2) is 0 Å². The summed E-state index contributed by atoms with van der Waals surface area (Å²) in [4.78, 5) is 24.9. The van der Waals surface area contributed by atoms with Gasteiger partial charge in [0.15, 0.2) is 0 Å². The Kier molecular flexibility index (Phi) is 4.63. The Morgan fingerprint density at radius 2 is 1.95 bits per heavy atom. The number of amides is 2. The van der Waals surface area contributed by atoms with Crippen molar-refractivity contribution in [2.24, 2.45) is 5.73 Å². The molecule has 0 unspecified atom stereocenters. The standard InChI is InChI=1S/C16H23N3O2/c1-12(20)18-14-7-5-13(6-8-14)11-19-10-4-3-9-16(19,2)15(17)21/h5-8H,3-4,9-11H2,1-2H3,(H2,17,21)(H,18,20)/t16-/m0/s1. The van der Waals surface area contributed by atoms with Crippen molar-refractivity contribution in [3.05, 3.63) is 29.8 Å². The van der Waals surface area contributed by atoms with E-state index in [1.54, 1.807) is 0 Å². The topological polar surface area (TPSA) is 75.4 Å². The van der Waals surface area contributed by atoms with Gasteiger partial charge in [-0.05, 0) is 50.4 Å². The Hall–Kier alpha value is -1.88. The van der Waals surface area contributed by atoms with Crippen LogP contribution in [0.25, 0.3) is 0 Å². The summed E-state index contributed by atoms with van der Waals surface area (Å²) < 4.78 is 0. The summed E-state index contributed by atoms with van der Waals surface area (Å²) in [6, 6.07) is 7.70. The average Bonchev–Trinajstić information content (AvgIpc) is 2.43. The van der Waals surface area contributed by atoms with Gasteiger partial charge >= 0.3 is 0 Å². The van der Waals surface area contributed by atoms with Crippen molar-refractivity contribution in [2.75, 3.05) is 11.9 Å². The maximum atomic E-state index is 11.8. The molecule has 1 aliphatic heterocycles. The fourth-order valence-electron chi connectivity index (χ4n) is 2.83. The van der Waals surface area contributed by atoms with Crippen LogP contribution in [0.3, 0.4) is 0 Å². The van der Waals surface area contributed by atoms with Crippen LogP contribution in [0.4, 0.5) is 5.69 Å². The molecular formula is C16H23N3O2. The highest BCUT2D eigenvalue weighted by Crippen LogP contribution is 2.29. The molecule has 21 heavy (non-hydrogen) atoms. The van der Waals surface area contributed by atoms with E-state index in [0.717, 1.165) is 37.1 Å². The number of nitrogens with one attached hydrogen (secondary N) is 1. The Balaban J connectivity index is 2.09. The number of carbonyl (C=O) groups excluding carboxylic acids is 2. The van der Waals surface area contributed by atoms with E-state index < -0.39 is 5.54 Å². The van der Waals surface area contributed by atoms with Crippen molar-refractivity contribution in [1.82, 2.24) is 4.90 Å². The predicted octanol–water partition coefficient (Wildman–Crippen LogP) is 1.87. The first-order chi connectivity index (χ1) is 9.91. The van der Waals surface area contributed by atoms with E-state index in [-0.39, 0.29) is 11.8 Å². The van der Waals surface area contributed by atoms with Gasteiger partial charge in [-0.3, -0.25) is 14.5 Å². The van der Waals surface area contributed by atoms with Crippen LogP contribution in [0, 0.1) is 0 Å². The summed E-state index contributed by atoms with van der Waals surface area (Å²) in [6.45, 7) is 4.99. The average molecular weight is 289 g/mol. The van der Waals surface area contributed by atoms with Crippen LogP contribution in [0.5, 0.6) is 0 Å². The largest absolute Gasteiger partial charge is 0.368 e. The molecule has 1 fully saturated rings. The highest BCUT2D eigenvalue weighted by Gasteiger charge is 2.39. The highest BCUT2D eigenvalue weighted by atomic mass is 16.2. The van der Waals surface area contributed by atoms with Crippen molar-refractivity contribution < 1.29 is 9.59 Å². The molecule has 3 N–H and O–H groups in total. The monoisotopic (exact) mass is 289 g/mol. The van der Waals surface area contributed by atoms with Gasteiger partial charge in [-0.1, -0.05) is 12.1 Å². The number of benzene rings is 1. The van der Waals surface area contributed by atoms with Crippen LogP contribution in [0.1, 0.15) is 38.7 Å². The summed E-state index contributed by atoms with van der Waals surface area (Å²) >= 11 is 0. The van der Waals surface area contributed by atoms with Gasteiger partial charge < -0.3 is 11.1 Å². The normalized spacial score (nSPS) is 22.8. The van der Waals surface area contributed by atoms with Gasteiger partial charge in [0.05, 0.1) is 5.54 Å². The Labute approximate surface area is 125 Å². The minimum atomic E-state index is -0.561. The van der Waals surface area contributed by atoms with Gasteiger partial charge in [-0.15, -0.1) is 0 Å². The molecule has 0 radical (unpaired) electrons. The minimum Gasteiger partial charge on any atom is -0.368 e. The predicted molar refractivity (Wildman–Crippen MR) is 82.6 cm³/mol. The van der Waals surface area contributed by atoms with E-state index in [2.05, 4.69) is 10.2 Å². The van der Waals surface area contributed by atoms with E-state index in [1.165, 1.54) is 6.92 Å². The van der Waals surface area contributed by atoms with Crippen LogP contribution in [0.15, 0.2) is 24.3 Å². The lowest BCUT2D eigenvalue weighted by Gasteiger charge is -2.42. The molecule has 5 heteroatoms. The minimum absolute atomic E-state index is 0.0833. The lowest BCUT2D eigenvalue weighted by Crippen LogP contribution is -2.57. The van der Waals surface area contributed by atoms with E-state index in [1.807, 2.05) is 31.2 Å². The molecule has 1 aromatic carbocycles. The SMILES string of the molecule is CC(=O)Nc1ccc(CN2CCCC[C@@]2(C)C(N)=O)cc1. The molecule has 5 nitrogen and oxygen atoms in total. The molecule has 0 aliphatic carbocycles. The van der Waals surface area contributed by atoms with Crippen LogP contribution < -0.4 is 11.1 Å². The van der Waals surface area contributed by atoms with Crippen LogP contribution in [-0.4, -0.2) is 28.8 Å². The zero-order chi connectivity index (χ0) is 15.5. The fraction of sp³-hybridized carbons (Fsp3) is 0.500. The number of piperidine rings is 1. The Bertz CT molecular complexity index is 527. The molecule has 1 heterocycles. The fourth-order valence-corrected chi connectivity index (χ4v) is 2.83. The Morgan fingerprint density at radius 1 is 1.29 bits per heavy atom. The summed E-state index contributed by atoms with van der Waals surface area (Å²) in [6.07, 6.45) is 2.94. The molecule has 2 amide bonds. The number of hydrogen-bond donors (Lipinski definition) is 2. The summed E-state index contributed by atoms with van der Waals surface area (Å²) in [7, 11) is 0. The summed E-state index contributed by atoms with van der Waals surface area (Å²) in [5.74, 6) is -0.336. The van der Waals surface area contributed by atoms with Crippen molar-refractivity contribution in [1.29, 1.82) is 0 Å². The third-order valence-electron chi connectivity index (χ3n) is 4.22. The first kappa shape index (κ1) is 15.5. The summed E-state index contributed by atoms with van der Waals surface area (Å²) in [5.41, 5.74) is 6.93. The molecule has 0 saturated carbocycles. The molecule has 0 spiro atoms. The molecule has 1 aromatic rings. The first-order valence-corrected chi connectivity index (χ1v) is 7.33. The number of nitrogens with zero attached hydrogens (tertiary/aromatic N) is 1. The molecule has 114 valence electrons. The van der Waals surface area contributed by atoms with Gasteiger partial charge in [0.1, 0.15) is 0 Å². The second kappa shape index (κ2) is 6.26. The van der Waals surface area contributed by atoms with Gasteiger partial charge in [0, 0.05) is 19.2 Å². The van der Waals surface area contributed by atoms with Crippen molar-refractivity contribution in [3.63, 3.8) is 0 Å². The van der Waals surface area contributed by atoms with Crippen LogP contribution in [-0.2, 0) is 16.1 Å². The second-order valence-corrected chi connectivity index (χ2v) is 5.89. The zero-order valence-electron chi connectivity index (χ0n) is 12.7. The number of likely N-dealkylation sites (tertiary alicyclic amines) is 1. The highest BCUT2D eigenvalue weighted by molar-refractivity contribution is 5.88. The van der Waals surface area contributed by atoms with E-state index in [9.17, 15) is 9.59 Å². The summed E-state index contributed by atoms with van der Waals surface area (Å²) in [5, 5.41) is 2.74. The van der Waals surface area contributed by atoms with Gasteiger partial charge in [0.25, 0.3) is 0 Å². The van der Waals surface area contributed by atoms with E-state index in [4.69, 9.17) is 5.73 Å². The van der Waals surface area contributed by atoms with Crippen molar-refractivity contribution in [3.8, 4) is 0 Å². The lowest BCUT2D eigenvalue weighted by atomic mass is 9.87. The van der Waals surface area contributed by atoms with Gasteiger partial charge in [-0.2, -0.15) is 0 Å². The zero-order valence-corrected chi connectivity index (χ0v) is 12.7. The quantitative estimate of drug-likeness (QED) is 0.888. The maximum absolute atomic E-state index is 11.8. The van der Waals surface area contributed by atoms with E-state index >= 15 is 0 Å². The molecule has 1 saturated heterocycles. The first-order valence-electron chi connectivity index (χ1n) is 7.33. The molecule has 2 rings (SSSR count). The second-order valence-electron chi connectivity index (χ2n) is 5.89. The number of rotatable bonds is 4. The number of primary amides is 1. The molecule has 0 bridgehead atoms. The van der Waals surface area contributed by atoms with Gasteiger partial charge in [0.2, 0.25) is 11.8 Å². The smallest absolute Gasteiger partial charge is 0.237 e. The van der Waals surface area contributed by atoms with Crippen molar-refractivity contribution in [2.45, 2.75) is 45.2 Å². The lowest BCUT2D eigenvalue weighted by molar-refractivity contribution is -0.132.